The minimum atomic E-state index is -4.12. The maximum Gasteiger partial charge on any atom is 0.266 e. The summed E-state index contributed by atoms with van der Waals surface area (Å²) >= 11 is 0. The first kappa shape index (κ1) is 13.5. The summed E-state index contributed by atoms with van der Waals surface area (Å²) in [7, 11) is -2.64. The summed E-state index contributed by atoms with van der Waals surface area (Å²) in [6, 6.07) is -0.856. The second-order valence-electron chi connectivity index (χ2n) is 4.20. The van der Waals surface area contributed by atoms with Crippen molar-refractivity contribution in [2.75, 3.05) is 12.8 Å². The molecule has 2 N–H and O–H groups in total. The van der Waals surface area contributed by atoms with Crippen LogP contribution in [0.2, 0.25) is 0 Å². The molecule has 0 aromatic heterocycles. The summed E-state index contributed by atoms with van der Waals surface area (Å²) in [6.45, 7) is 5.09. The zero-order valence-electron chi connectivity index (χ0n) is 8.86. The minimum absolute atomic E-state index is 0.238. The van der Waals surface area contributed by atoms with Gasteiger partial charge in [-0.05, 0) is 7.05 Å². The lowest BCUT2D eigenvalue weighted by Crippen LogP contribution is -2.45. The van der Waals surface area contributed by atoms with Gasteiger partial charge >= 0.3 is 0 Å². The van der Waals surface area contributed by atoms with E-state index in [1.54, 1.807) is 20.8 Å². The molecular weight excluding hydrogens is 206 g/mol. The molecule has 0 saturated heterocycles. The number of nitrogens with one attached hydrogen (secondary N) is 1. The van der Waals surface area contributed by atoms with Crippen LogP contribution in [-0.4, -0.2) is 37.6 Å². The van der Waals surface area contributed by atoms with E-state index in [4.69, 9.17) is 4.55 Å². The van der Waals surface area contributed by atoms with Crippen molar-refractivity contribution in [1.82, 2.24) is 5.32 Å². The average molecular weight is 223 g/mol. The van der Waals surface area contributed by atoms with E-state index < -0.39 is 27.3 Å². The fraction of sp³-hybridized carbons (Fsp3) is 0.875. The Hall–Kier alpha value is -0.460. The second-order valence-corrected chi connectivity index (χ2v) is 5.70. The Morgan fingerprint density at radius 3 is 2.07 bits per heavy atom. The van der Waals surface area contributed by atoms with Crippen LogP contribution in [0, 0.1) is 5.41 Å². The van der Waals surface area contributed by atoms with Gasteiger partial charge in [0.05, 0.1) is 11.8 Å². The molecule has 0 aromatic rings. The molecule has 0 fully saturated rings. The van der Waals surface area contributed by atoms with Gasteiger partial charge in [-0.2, -0.15) is 8.42 Å². The summed E-state index contributed by atoms with van der Waals surface area (Å²) in [4.78, 5) is 11.6. The molecule has 0 aromatic carbocycles. The molecule has 0 unspecified atom stereocenters. The van der Waals surface area contributed by atoms with Gasteiger partial charge in [-0.3, -0.25) is 9.35 Å². The van der Waals surface area contributed by atoms with Gasteiger partial charge in [0.2, 0.25) is 0 Å². The van der Waals surface area contributed by atoms with Crippen LogP contribution in [0.1, 0.15) is 20.8 Å². The normalized spacial score (nSPS) is 15.2. The van der Waals surface area contributed by atoms with Crippen molar-refractivity contribution in [3.63, 3.8) is 0 Å². The molecular formula is C8H17NO4S. The topological polar surface area (TPSA) is 83.5 Å². The van der Waals surface area contributed by atoms with Crippen LogP contribution in [0.5, 0.6) is 0 Å². The molecule has 0 aliphatic carbocycles. The van der Waals surface area contributed by atoms with Crippen LogP contribution in [0.15, 0.2) is 0 Å². The minimum Gasteiger partial charge on any atom is -0.310 e. The Kier molecular flexibility index (Phi) is 4.23. The summed E-state index contributed by atoms with van der Waals surface area (Å²) in [5.74, 6) is -0.822. The highest BCUT2D eigenvalue weighted by atomic mass is 32.2. The molecule has 14 heavy (non-hydrogen) atoms. The average Bonchev–Trinajstić information content (AvgIpc) is 1.95. The van der Waals surface area contributed by atoms with Crippen LogP contribution in [-0.2, 0) is 14.9 Å². The van der Waals surface area contributed by atoms with Crippen LogP contribution in [0.4, 0.5) is 0 Å². The number of Topliss-reactive ketones (excluding diaryl/α,β-unsaturated/α-hetero) is 1. The molecule has 0 bridgehead atoms. The van der Waals surface area contributed by atoms with Gasteiger partial charge in [0.25, 0.3) is 10.1 Å². The Morgan fingerprint density at radius 2 is 1.86 bits per heavy atom. The summed E-state index contributed by atoms with van der Waals surface area (Å²) < 4.78 is 29.8. The van der Waals surface area contributed by atoms with Crippen molar-refractivity contribution in [1.29, 1.82) is 0 Å². The number of hydrogen-bond donors (Lipinski definition) is 2. The molecule has 0 rings (SSSR count). The number of carbonyl (C=O) groups is 1. The highest BCUT2D eigenvalue weighted by molar-refractivity contribution is 7.85. The fourth-order valence-electron chi connectivity index (χ4n) is 1.02. The smallest absolute Gasteiger partial charge is 0.266 e. The molecule has 0 aliphatic rings. The standard InChI is InChI=1S/C8H17NO4S/c1-8(2,3)7(10)6(9-4)5-14(11,12)13/h6,9H,5H2,1-4H3,(H,11,12,13)/t6-/m0/s1. The van der Waals surface area contributed by atoms with E-state index in [2.05, 4.69) is 5.32 Å². The van der Waals surface area contributed by atoms with E-state index in [0.717, 1.165) is 0 Å². The van der Waals surface area contributed by atoms with Crippen LogP contribution >= 0.6 is 0 Å². The lowest BCUT2D eigenvalue weighted by molar-refractivity contribution is -0.127. The number of carbonyl (C=O) groups excluding carboxylic acids is 1. The second kappa shape index (κ2) is 4.37. The van der Waals surface area contributed by atoms with E-state index in [1.165, 1.54) is 7.05 Å². The monoisotopic (exact) mass is 223 g/mol. The van der Waals surface area contributed by atoms with Crippen molar-refractivity contribution in [3.05, 3.63) is 0 Å². The molecule has 6 heteroatoms. The van der Waals surface area contributed by atoms with Crippen LogP contribution in [0.25, 0.3) is 0 Å². The number of likely N-dealkylation sites (N-methyl/N-ethyl adjacent to an activating group) is 1. The molecule has 0 saturated carbocycles. The largest absolute Gasteiger partial charge is 0.310 e. The first-order valence-electron chi connectivity index (χ1n) is 4.24. The van der Waals surface area contributed by atoms with Gasteiger partial charge in [-0.25, -0.2) is 0 Å². The Bertz CT molecular complexity index is 302. The summed E-state index contributed by atoms with van der Waals surface area (Å²) in [6.07, 6.45) is 0. The lowest BCUT2D eigenvalue weighted by atomic mass is 9.87. The van der Waals surface area contributed by atoms with E-state index in [0.29, 0.717) is 0 Å². The number of rotatable bonds is 4. The lowest BCUT2D eigenvalue weighted by Gasteiger charge is -2.23. The molecule has 0 amide bonds. The number of hydrogen-bond acceptors (Lipinski definition) is 4. The number of ketones is 1. The SMILES string of the molecule is CN[C@@H](CS(=O)(=O)O)C(=O)C(C)(C)C. The fourth-order valence-corrected chi connectivity index (χ4v) is 1.76. The van der Waals surface area contributed by atoms with E-state index in [1.807, 2.05) is 0 Å². The van der Waals surface area contributed by atoms with Gasteiger partial charge < -0.3 is 5.32 Å². The Morgan fingerprint density at radius 1 is 1.43 bits per heavy atom. The van der Waals surface area contributed by atoms with Crippen LogP contribution in [0.3, 0.4) is 0 Å². The van der Waals surface area contributed by atoms with E-state index in [-0.39, 0.29) is 5.78 Å². The summed E-state index contributed by atoms with van der Waals surface area (Å²) in [5, 5.41) is 2.58. The molecule has 84 valence electrons. The third-order valence-electron chi connectivity index (χ3n) is 1.78. The molecule has 0 spiro atoms. The van der Waals surface area contributed by atoms with Crippen molar-refractivity contribution in [2.24, 2.45) is 5.41 Å². The summed E-state index contributed by atoms with van der Waals surface area (Å²) in [5.41, 5.74) is -0.627. The highest BCUT2D eigenvalue weighted by Crippen LogP contribution is 2.17. The van der Waals surface area contributed by atoms with Crippen LogP contribution < -0.4 is 5.32 Å². The zero-order valence-corrected chi connectivity index (χ0v) is 9.68. The molecule has 0 heterocycles. The zero-order chi connectivity index (χ0) is 11.6. The predicted octanol–water partition coefficient (Wildman–Crippen LogP) is 0.0774. The van der Waals surface area contributed by atoms with Gasteiger partial charge in [0.15, 0.2) is 5.78 Å². The van der Waals surface area contributed by atoms with Crippen molar-refractivity contribution >= 4 is 15.9 Å². The van der Waals surface area contributed by atoms with Crippen molar-refractivity contribution in [3.8, 4) is 0 Å². The highest BCUT2D eigenvalue weighted by Gasteiger charge is 2.31. The third kappa shape index (κ3) is 4.69. The first-order chi connectivity index (χ1) is 6.08. The third-order valence-corrected chi connectivity index (χ3v) is 2.54. The Balaban J connectivity index is 4.68. The van der Waals surface area contributed by atoms with Crippen molar-refractivity contribution < 1.29 is 17.8 Å². The van der Waals surface area contributed by atoms with E-state index >= 15 is 0 Å². The molecule has 0 radical (unpaired) electrons. The predicted molar refractivity (Wildman–Crippen MR) is 53.7 cm³/mol. The van der Waals surface area contributed by atoms with Gasteiger partial charge in [0, 0.05) is 5.41 Å². The maximum absolute atomic E-state index is 11.6. The quantitative estimate of drug-likeness (QED) is 0.659. The molecule has 0 aliphatic heterocycles. The van der Waals surface area contributed by atoms with Gasteiger partial charge in [-0.15, -0.1) is 0 Å². The Labute approximate surface area is 84.6 Å². The van der Waals surface area contributed by atoms with Gasteiger partial charge in [-0.1, -0.05) is 20.8 Å². The molecule has 5 nitrogen and oxygen atoms in total. The molecule has 1 atom stereocenters. The van der Waals surface area contributed by atoms with Crippen molar-refractivity contribution in [2.45, 2.75) is 26.8 Å². The van der Waals surface area contributed by atoms with Gasteiger partial charge in [0.1, 0.15) is 0 Å². The van der Waals surface area contributed by atoms with E-state index in [9.17, 15) is 13.2 Å². The first-order valence-corrected chi connectivity index (χ1v) is 5.85. The maximum atomic E-state index is 11.6.